The van der Waals surface area contributed by atoms with Gasteiger partial charge in [-0.3, -0.25) is 4.79 Å². The van der Waals surface area contributed by atoms with Crippen molar-refractivity contribution in [3.8, 4) is 5.69 Å². The zero-order chi connectivity index (χ0) is 19.1. The van der Waals surface area contributed by atoms with Crippen molar-refractivity contribution in [3.63, 3.8) is 0 Å². The van der Waals surface area contributed by atoms with Crippen molar-refractivity contribution in [2.45, 2.75) is 31.7 Å². The van der Waals surface area contributed by atoms with E-state index in [1.807, 2.05) is 72.3 Å². The second kappa shape index (κ2) is 6.68. The number of benzene rings is 2. The molecule has 5 heteroatoms. The minimum atomic E-state index is -0.230. The molecule has 1 aliphatic carbocycles. The Morgan fingerprint density at radius 2 is 1.89 bits per heavy atom. The first-order valence-electron chi connectivity index (χ1n) is 9.63. The van der Waals surface area contributed by atoms with Crippen LogP contribution in [0, 0.1) is 0 Å². The number of carbonyl (C=O) groups is 1. The van der Waals surface area contributed by atoms with Crippen molar-refractivity contribution < 1.29 is 9.21 Å². The zero-order valence-electron chi connectivity index (χ0n) is 15.6. The third-order valence-electron chi connectivity index (χ3n) is 5.23. The Kier molecular flexibility index (Phi) is 4.01. The van der Waals surface area contributed by atoms with Crippen LogP contribution in [0.15, 0.2) is 71.3 Å². The van der Waals surface area contributed by atoms with Crippen LogP contribution < -0.4 is 5.32 Å². The molecule has 0 saturated heterocycles. The lowest BCUT2D eigenvalue weighted by atomic mass is 10.1. The highest BCUT2D eigenvalue weighted by atomic mass is 16.3. The van der Waals surface area contributed by atoms with Gasteiger partial charge in [0.25, 0.3) is 5.91 Å². The lowest BCUT2D eigenvalue weighted by Gasteiger charge is -2.13. The van der Waals surface area contributed by atoms with E-state index < -0.39 is 0 Å². The third-order valence-corrected chi connectivity index (χ3v) is 5.23. The summed E-state index contributed by atoms with van der Waals surface area (Å²) >= 11 is 0. The van der Waals surface area contributed by atoms with Crippen LogP contribution >= 0.6 is 0 Å². The first-order valence-corrected chi connectivity index (χ1v) is 9.63. The quantitative estimate of drug-likeness (QED) is 0.538. The largest absolute Gasteiger partial charge is 0.459 e. The van der Waals surface area contributed by atoms with Gasteiger partial charge in [0.15, 0.2) is 0 Å². The van der Waals surface area contributed by atoms with Crippen LogP contribution in [0.1, 0.15) is 53.5 Å². The minimum Gasteiger partial charge on any atom is -0.459 e. The number of para-hydroxylation sites is 2. The van der Waals surface area contributed by atoms with Crippen molar-refractivity contribution in [2.75, 3.05) is 0 Å². The number of furan rings is 1. The third kappa shape index (κ3) is 2.99. The predicted octanol–water partition coefficient (Wildman–Crippen LogP) is 4.99. The molecule has 1 N–H and O–H groups in total. The maximum atomic E-state index is 13.0. The van der Waals surface area contributed by atoms with E-state index >= 15 is 0 Å². The Hall–Kier alpha value is -3.34. The number of hydrogen-bond acceptors (Lipinski definition) is 3. The highest BCUT2D eigenvalue weighted by molar-refractivity contribution is 5.96. The maximum Gasteiger partial charge on any atom is 0.255 e. The average Bonchev–Trinajstić information content (AvgIpc) is 3.30. The summed E-state index contributed by atoms with van der Waals surface area (Å²) in [6, 6.07) is 19.6. The lowest BCUT2D eigenvalue weighted by molar-refractivity contribution is 0.0934. The number of amides is 1. The van der Waals surface area contributed by atoms with Crippen molar-refractivity contribution in [1.82, 2.24) is 15.1 Å². The van der Waals surface area contributed by atoms with Crippen LogP contribution in [0.3, 0.4) is 0 Å². The predicted molar refractivity (Wildman–Crippen MR) is 108 cm³/mol. The summed E-state index contributed by atoms with van der Waals surface area (Å²) in [5.41, 5.74) is 3.46. The summed E-state index contributed by atoms with van der Waals surface area (Å²) in [6.45, 7) is 1.94. The zero-order valence-corrected chi connectivity index (χ0v) is 15.6. The molecule has 0 bridgehead atoms. The Labute approximate surface area is 163 Å². The summed E-state index contributed by atoms with van der Waals surface area (Å²) in [4.78, 5) is 13.0. The molecule has 5 nitrogen and oxygen atoms in total. The Morgan fingerprint density at radius 1 is 1.14 bits per heavy atom. The van der Waals surface area contributed by atoms with E-state index in [9.17, 15) is 4.79 Å². The Balaban J connectivity index is 1.43. The van der Waals surface area contributed by atoms with Gasteiger partial charge in [0, 0.05) is 11.3 Å². The van der Waals surface area contributed by atoms with Gasteiger partial charge >= 0.3 is 0 Å². The monoisotopic (exact) mass is 371 g/mol. The standard InChI is InChI=1S/C23H21N3O2/c1-15(21-13-17-7-5-6-10-20(17)28-21)25-23(27)19-14-24-26(22(19)16-11-12-16)18-8-3-2-4-9-18/h2-10,13-16H,11-12H2,1H3,(H,25,27)/t15-/m0/s1. The number of aromatic nitrogens is 2. The fourth-order valence-corrected chi connectivity index (χ4v) is 3.62. The summed E-state index contributed by atoms with van der Waals surface area (Å²) in [7, 11) is 0. The molecule has 0 aliphatic heterocycles. The molecule has 4 aromatic rings. The van der Waals surface area contributed by atoms with Gasteiger partial charge in [0.1, 0.15) is 11.3 Å². The molecule has 2 aromatic carbocycles. The molecule has 1 amide bonds. The van der Waals surface area contributed by atoms with Gasteiger partial charge in [-0.2, -0.15) is 5.10 Å². The normalized spacial score (nSPS) is 14.9. The minimum absolute atomic E-state index is 0.114. The van der Waals surface area contributed by atoms with Crippen molar-refractivity contribution in [2.24, 2.45) is 0 Å². The Bertz CT molecular complexity index is 1110. The molecular formula is C23H21N3O2. The number of hydrogen-bond donors (Lipinski definition) is 1. The van der Waals surface area contributed by atoms with Crippen LogP contribution in [-0.4, -0.2) is 15.7 Å². The molecule has 140 valence electrons. The lowest BCUT2D eigenvalue weighted by Crippen LogP contribution is -2.27. The molecule has 1 fully saturated rings. The fraction of sp³-hybridized carbons (Fsp3) is 0.217. The second-order valence-corrected chi connectivity index (χ2v) is 7.35. The molecule has 1 saturated carbocycles. The molecule has 1 aliphatic rings. The highest BCUT2D eigenvalue weighted by Gasteiger charge is 2.33. The Morgan fingerprint density at radius 3 is 2.64 bits per heavy atom. The van der Waals surface area contributed by atoms with Gasteiger partial charge in [-0.25, -0.2) is 4.68 Å². The van der Waals surface area contributed by atoms with Crippen molar-refractivity contribution in [1.29, 1.82) is 0 Å². The molecule has 2 aromatic heterocycles. The average molecular weight is 371 g/mol. The first-order chi connectivity index (χ1) is 13.7. The van der Waals surface area contributed by atoms with Gasteiger partial charge in [0.05, 0.1) is 29.2 Å². The van der Waals surface area contributed by atoms with Crippen LogP contribution in [0.4, 0.5) is 0 Å². The van der Waals surface area contributed by atoms with E-state index in [4.69, 9.17) is 4.42 Å². The molecule has 28 heavy (non-hydrogen) atoms. The molecule has 0 unspecified atom stereocenters. The number of carbonyl (C=O) groups excluding carboxylic acids is 1. The van der Waals surface area contributed by atoms with Gasteiger partial charge in [-0.05, 0) is 44.0 Å². The summed E-state index contributed by atoms with van der Waals surface area (Å²) in [5, 5.41) is 8.63. The van der Waals surface area contributed by atoms with E-state index in [1.54, 1.807) is 6.20 Å². The SMILES string of the molecule is C[C@H](NC(=O)c1cnn(-c2ccccc2)c1C1CC1)c1cc2ccccc2o1. The number of rotatable bonds is 5. The van der Waals surface area contributed by atoms with Gasteiger partial charge in [-0.1, -0.05) is 36.4 Å². The highest BCUT2D eigenvalue weighted by Crippen LogP contribution is 2.42. The van der Waals surface area contributed by atoms with E-state index in [-0.39, 0.29) is 11.9 Å². The van der Waals surface area contributed by atoms with Crippen LogP contribution in [0.25, 0.3) is 16.7 Å². The van der Waals surface area contributed by atoms with Gasteiger partial charge < -0.3 is 9.73 Å². The van der Waals surface area contributed by atoms with Crippen LogP contribution in [0.5, 0.6) is 0 Å². The first kappa shape index (κ1) is 16.8. The molecular weight excluding hydrogens is 350 g/mol. The number of fused-ring (bicyclic) bond motifs is 1. The van der Waals surface area contributed by atoms with Crippen molar-refractivity contribution in [3.05, 3.63) is 83.9 Å². The number of nitrogens with one attached hydrogen (secondary N) is 1. The van der Waals surface area contributed by atoms with Gasteiger partial charge in [-0.15, -0.1) is 0 Å². The summed E-state index contributed by atoms with van der Waals surface area (Å²) in [5.74, 6) is 1.03. The van der Waals surface area contributed by atoms with E-state index in [1.165, 1.54) is 0 Å². The molecule has 1 atom stereocenters. The maximum absolute atomic E-state index is 13.0. The smallest absolute Gasteiger partial charge is 0.255 e. The van der Waals surface area contributed by atoms with E-state index in [2.05, 4.69) is 10.4 Å². The fourth-order valence-electron chi connectivity index (χ4n) is 3.62. The summed E-state index contributed by atoms with van der Waals surface area (Å²) in [6.07, 6.45) is 3.87. The van der Waals surface area contributed by atoms with Gasteiger partial charge in [0.2, 0.25) is 0 Å². The van der Waals surface area contributed by atoms with E-state index in [0.29, 0.717) is 11.5 Å². The second-order valence-electron chi connectivity index (χ2n) is 7.35. The van der Waals surface area contributed by atoms with Crippen molar-refractivity contribution >= 4 is 16.9 Å². The number of nitrogens with zero attached hydrogens (tertiary/aromatic N) is 2. The van der Waals surface area contributed by atoms with Crippen LogP contribution in [-0.2, 0) is 0 Å². The summed E-state index contributed by atoms with van der Waals surface area (Å²) < 4.78 is 7.80. The van der Waals surface area contributed by atoms with Crippen LogP contribution in [0.2, 0.25) is 0 Å². The molecule has 2 heterocycles. The molecule has 0 spiro atoms. The molecule has 0 radical (unpaired) electrons. The van der Waals surface area contributed by atoms with E-state index in [0.717, 1.165) is 41.0 Å². The topological polar surface area (TPSA) is 60.1 Å². The molecule has 5 rings (SSSR count).